The van der Waals surface area contributed by atoms with Crippen LogP contribution in [0.4, 0.5) is 0 Å². The molecule has 0 aromatic heterocycles. The molecule has 4 atom stereocenters. The monoisotopic (exact) mass is 500 g/mol. The van der Waals surface area contributed by atoms with E-state index in [1.807, 2.05) is 0 Å². The van der Waals surface area contributed by atoms with Gasteiger partial charge in [0, 0.05) is 11.1 Å². The number of halogens is 2. The number of hydrogen-bond donors (Lipinski definition) is 0. The molecule has 0 unspecified atom stereocenters. The Morgan fingerprint density at radius 1 is 0.971 bits per heavy atom. The van der Waals surface area contributed by atoms with Crippen LogP contribution in [0.2, 0.25) is 10.0 Å². The zero-order valence-electron chi connectivity index (χ0n) is 19.0. The highest BCUT2D eigenvalue weighted by Crippen LogP contribution is 2.42. The van der Waals surface area contributed by atoms with Crippen LogP contribution in [0, 0.1) is 17.8 Å². The van der Waals surface area contributed by atoms with Gasteiger partial charge in [-0.15, -0.1) is 0 Å². The van der Waals surface area contributed by atoms with Crippen molar-refractivity contribution in [3.05, 3.63) is 69.7 Å². The molecule has 1 aliphatic carbocycles. The minimum absolute atomic E-state index is 0.137. The van der Waals surface area contributed by atoms with Gasteiger partial charge in [-0.25, -0.2) is 5.01 Å². The number of amides is 3. The summed E-state index contributed by atoms with van der Waals surface area (Å²) in [7, 11) is 0. The SMILES string of the molecule is CC[C@H](C(=O)c1ccccc1)N(C(=O)c1ccc(Cl)c(Cl)c1)N1C(=O)[C@@H]2CC[C@@H](C)C[C@H]2C1=O. The second-order valence-corrected chi connectivity index (χ2v) is 9.87. The number of ketones is 1. The average molecular weight is 501 g/mol. The van der Waals surface area contributed by atoms with Crippen molar-refractivity contribution in [1.29, 1.82) is 0 Å². The van der Waals surface area contributed by atoms with Gasteiger partial charge < -0.3 is 0 Å². The zero-order valence-corrected chi connectivity index (χ0v) is 20.6. The quantitative estimate of drug-likeness (QED) is 0.391. The summed E-state index contributed by atoms with van der Waals surface area (Å²) in [6.45, 7) is 3.81. The summed E-state index contributed by atoms with van der Waals surface area (Å²) in [5, 5.41) is 2.43. The molecule has 2 fully saturated rings. The van der Waals surface area contributed by atoms with Gasteiger partial charge in [0.15, 0.2) is 5.78 Å². The third kappa shape index (κ3) is 4.37. The fraction of sp³-hybridized carbons (Fsp3) is 0.385. The van der Waals surface area contributed by atoms with Crippen molar-refractivity contribution in [1.82, 2.24) is 10.0 Å². The standard InChI is InChI=1S/C26H26Cl2N2O4/c1-3-22(23(31)16-7-5-4-6-8-16)29(24(32)17-10-12-20(27)21(28)14-17)30-25(33)18-11-9-15(2)13-19(18)26(30)34/h4-8,10,12,14-15,18-19,22H,3,9,11,13H2,1-2H3/t15-,18-,19-,22-/m1/s1. The lowest BCUT2D eigenvalue weighted by atomic mass is 9.76. The lowest BCUT2D eigenvalue weighted by molar-refractivity contribution is -0.156. The number of Topliss-reactive ketones (excluding diaryl/α,β-unsaturated/α-hetero) is 1. The van der Waals surface area contributed by atoms with Gasteiger partial charge in [0.2, 0.25) is 0 Å². The second kappa shape index (κ2) is 9.88. The predicted molar refractivity (Wildman–Crippen MR) is 129 cm³/mol. The van der Waals surface area contributed by atoms with Gasteiger partial charge >= 0.3 is 0 Å². The first-order valence-corrected chi connectivity index (χ1v) is 12.3. The summed E-state index contributed by atoms with van der Waals surface area (Å²) in [4.78, 5) is 54.4. The smallest absolute Gasteiger partial charge is 0.273 e. The van der Waals surface area contributed by atoms with Gasteiger partial charge in [0.1, 0.15) is 6.04 Å². The summed E-state index contributed by atoms with van der Waals surface area (Å²) < 4.78 is 0. The number of nitrogens with zero attached hydrogens (tertiary/aromatic N) is 2. The van der Waals surface area contributed by atoms with Crippen LogP contribution < -0.4 is 0 Å². The van der Waals surface area contributed by atoms with E-state index < -0.39 is 35.6 Å². The Hall–Kier alpha value is -2.70. The van der Waals surface area contributed by atoms with Crippen molar-refractivity contribution in [2.75, 3.05) is 0 Å². The first-order chi connectivity index (χ1) is 16.2. The Morgan fingerprint density at radius 3 is 2.29 bits per heavy atom. The number of imide groups is 1. The van der Waals surface area contributed by atoms with Crippen LogP contribution in [0.25, 0.3) is 0 Å². The van der Waals surface area contributed by atoms with Gasteiger partial charge in [0.25, 0.3) is 17.7 Å². The molecule has 1 saturated heterocycles. The van der Waals surface area contributed by atoms with E-state index in [0.29, 0.717) is 24.3 Å². The molecule has 0 radical (unpaired) electrons. The number of carbonyl (C=O) groups is 4. The first-order valence-electron chi connectivity index (χ1n) is 11.5. The Morgan fingerprint density at radius 2 is 1.65 bits per heavy atom. The molecule has 3 amide bonds. The Bertz CT molecular complexity index is 1140. The van der Waals surface area contributed by atoms with E-state index >= 15 is 0 Å². The molecular weight excluding hydrogens is 475 g/mol. The third-order valence-corrected chi connectivity index (χ3v) is 7.54. The zero-order chi connectivity index (χ0) is 24.6. The number of benzene rings is 2. The van der Waals surface area contributed by atoms with Crippen LogP contribution in [0.5, 0.6) is 0 Å². The van der Waals surface area contributed by atoms with Gasteiger partial charge in [-0.3, -0.25) is 19.2 Å². The van der Waals surface area contributed by atoms with Gasteiger partial charge in [0.05, 0.1) is 21.9 Å². The highest BCUT2D eigenvalue weighted by atomic mass is 35.5. The van der Waals surface area contributed by atoms with E-state index in [4.69, 9.17) is 23.2 Å². The lowest BCUT2D eigenvalue weighted by Crippen LogP contribution is -2.57. The van der Waals surface area contributed by atoms with E-state index in [2.05, 4.69) is 6.92 Å². The fourth-order valence-electron chi connectivity index (χ4n) is 4.98. The maximum atomic E-state index is 13.8. The Balaban J connectivity index is 1.80. The number of fused-ring (bicyclic) bond motifs is 1. The van der Waals surface area contributed by atoms with Crippen molar-refractivity contribution >= 4 is 46.7 Å². The van der Waals surface area contributed by atoms with Crippen molar-refractivity contribution < 1.29 is 19.2 Å². The Kier molecular flexibility index (Phi) is 7.10. The summed E-state index contributed by atoms with van der Waals surface area (Å²) in [5.74, 6) is -2.49. The molecule has 8 heteroatoms. The maximum Gasteiger partial charge on any atom is 0.273 e. The molecular formula is C26H26Cl2N2O4. The van der Waals surface area contributed by atoms with Gasteiger partial charge in [-0.2, -0.15) is 5.01 Å². The molecule has 1 heterocycles. The summed E-state index contributed by atoms with van der Waals surface area (Å²) in [6, 6.07) is 11.8. The molecule has 1 aliphatic heterocycles. The predicted octanol–water partition coefficient (Wildman–Crippen LogP) is 5.43. The third-order valence-electron chi connectivity index (χ3n) is 6.80. The van der Waals surface area contributed by atoms with Crippen molar-refractivity contribution in [3.63, 3.8) is 0 Å². The maximum absolute atomic E-state index is 13.8. The summed E-state index contributed by atoms with van der Waals surface area (Å²) in [5.41, 5.74) is 0.531. The van der Waals surface area contributed by atoms with E-state index in [1.165, 1.54) is 18.2 Å². The molecule has 34 heavy (non-hydrogen) atoms. The summed E-state index contributed by atoms with van der Waals surface area (Å²) >= 11 is 12.2. The van der Waals surface area contributed by atoms with Crippen LogP contribution in [-0.2, 0) is 9.59 Å². The molecule has 2 aromatic rings. The highest BCUT2D eigenvalue weighted by Gasteiger charge is 2.54. The lowest BCUT2D eigenvalue weighted by Gasteiger charge is -2.36. The molecule has 6 nitrogen and oxygen atoms in total. The van der Waals surface area contributed by atoms with E-state index in [0.717, 1.165) is 16.4 Å². The van der Waals surface area contributed by atoms with Crippen molar-refractivity contribution in [2.45, 2.75) is 45.6 Å². The van der Waals surface area contributed by atoms with E-state index in [-0.39, 0.29) is 27.8 Å². The number of carbonyl (C=O) groups excluding carboxylic acids is 4. The van der Waals surface area contributed by atoms with Crippen LogP contribution >= 0.6 is 23.2 Å². The minimum Gasteiger partial charge on any atom is -0.292 e. The van der Waals surface area contributed by atoms with Crippen LogP contribution in [0.1, 0.15) is 60.2 Å². The molecule has 4 rings (SSSR count). The molecule has 2 aromatic carbocycles. The number of hydrazine groups is 1. The fourth-order valence-corrected chi connectivity index (χ4v) is 5.28. The molecule has 0 spiro atoms. The normalized spacial score (nSPS) is 22.9. The largest absolute Gasteiger partial charge is 0.292 e. The first kappa shape index (κ1) is 24.4. The second-order valence-electron chi connectivity index (χ2n) is 9.05. The average Bonchev–Trinajstić information content (AvgIpc) is 3.08. The molecule has 0 N–H and O–H groups in total. The number of hydrogen-bond acceptors (Lipinski definition) is 4. The number of rotatable bonds is 6. The minimum atomic E-state index is -1.05. The van der Waals surface area contributed by atoms with Crippen molar-refractivity contribution in [2.24, 2.45) is 17.8 Å². The highest BCUT2D eigenvalue weighted by molar-refractivity contribution is 6.42. The van der Waals surface area contributed by atoms with E-state index in [9.17, 15) is 19.2 Å². The van der Waals surface area contributed by atoms with Crippen molar-refractivity contribution in [3.8, 4) is 0 Å². The van der Waals surface area contributed by atoms with Crippen LogP contribution in [-0.4, -0.2) is 39.6 Å². The molecule has 2 aliphatic rings. The Labute approximate surface area is 208 Å². The van der Waals surface area contributed by atoms with Crippen LogP contribution in [0.15, 0.2) is 48.5 Å². The molecule has 0 bridgehead atoms. The van der Waals surface area contributed by atoms with Gasteiger partial charge in [-0.05, 0) is 49.8 Å². The van der Waals surface area contributed by atoms with E-state index in [1.54, 1.807) is 37.3 Å². The molecule has 1 saturated carbocycles. The topological polar surface area (TPSA) is 74.8 Å². The van der Waals surface area contributed by atoms with Gasteiger partial charge in [-0.1, -0.05) is 67.4 Å². The van der Waals surface area contributed by atoms with Crippen LogP contribution in [0.3, 0.4) is 0 Å². The summed E-state index contributed by atoms with van der Waals surface area (Å²) in [6.07, 6.45) is 2.23. The molecule has 178 valence electrons.